The summed E-state index contributed by atoms with van der Waals surface area (Å²) < 4.78 is 1.36. The van der Waals surface area contributed by atoms with Crippen molar-refractivity contribution >= 4 is 27.1 Å². The van der Waals surface area contributed by atoms with Crippen molar-refractivity contribution in [2.75, 3.05) is 18.4 Å². The van der Waals surface area contributed by atoms with Gasteiger partial charge in [0.25, 0.3) is 0 Å². The zero-order chi connectivity index (χ0) is 10.8. The minimum absolute atomic E-state index is 0.806. The monoisotopic (exact) mass is 232 g/mol. The third-order valence-electron chi connectivity index (χ3n) is 2.93. The average molecular weight is 232 g/mol. The van der Waals surface area contributed by atoms with Crippen LogP contribution < -0.4 is 10.6 Å². The number of fused-ring (bicyclic) bond motifs is 1. The maximum atomic E-state index is 3.51. The highest BCUT2D eigenvalue weighted by Crippen LogP contribution is 2.29. The van der Waals surface area contributed by atoms with E-state index in [1.54, 1.807) is 0 Å². The van der Waals surface area contributed by atoms with Crippen LogP contribution in [0.25, 0.3) is 10.1 Å². The van der Waals surface area contributed by atoms with Gasteiger partial charge in [0.2, 0.25) is 0 Å². The molecule has 2 aromatic rings. The Labute approximate surface area is 99.7 Å². The van der Waals surface area contributed by atoms with Gasteiger partial charge in [-0.1, -0.05) is 18.2 Å². The van der Waals surface area contributed by atoms with E-state index in [1.807, 2.05) is 11.3 Å². The number of rotatable bonds is 5. The molecule has 1 aliphatic rings. The van der Waals surface area contributed by atoms with Crippen LogP contribution in [-0.2, 0) is 0 Å². The highest BCUT2D eigenvalue weighted by molar-refractivity contribution is 7.17. The van der Waals surface area contributed by atoms with Gasteiger partial charge in [0.05, 0.1) is 5.69 Å². The molecule has 84 valence electrons. The van der Waals surface area contributed by atoms with Crippen LogP contribution in [-0.4, -0.2) is 19.1 Å². The van der Waals surface area contributed by atoms with Gasteiger partial charge in [0.1, 0.15) is 0 Å². The van der Waals surface area contributed by atoms with Crippen molar-refractivity contribution in [1.29, 1.82) is 0 Å². The summed E-state index contributed by atoms with van der Waals surface area (Å²) in [5, 5.41) is 10.6. The van der Waals surface area contributed by atoms with Crippen molar-refractivity contribution in [3.8, 4) is 0 Å². The first-order valence-corrected chi connectivity index (χ1v) is 6.75. The van der Waals surface area contributed by atoms with Crippen LogP contribution in [0.2, 0.25) is 0 Å². The van der Waals surface area contributed by atoms with Gasteiger partial charge in [0.15, 0.2) is 0 Å². The molecule has 0 bridgehead atoms. The smallest absolute Gasteiger partial charge is 0.0529 e. The Morgan fingerprint density at radius 2 is 2.06 bits per heavy atom. The lowest BCUT2D eigenvalue weighted by molar-refractivity contribution is 0.702. The molecule has 0 atom stereocenters. The molecule has 2 N–H and O–H groups in total. The minimum Gasteiger partial charge on any atom is -0.383 e. The summed E-state index contributed by atoms with van der Waals surface area (Å²) in [7, 11) is 0. The Morgan fingerprint density at radius 1 is 1.19 bits per heavy atom. The number of hydrogen-bond acceptors (Lipinski definition) is 3. The second kappa shape index (κ2) is 4.44. The predicted octanol–water partition coefficient (Wildman–Crippen LogP) is 3.07. The van der Waals surface area contributed by atoms with Crippen LogP contribution in [0.3, 0.4) is 0 Å². The fraction of sp³-hybridized carbons (Fsp3) is 0.385. The number of anilines is 1. The molecule has 1 fully saturated rings. The van der Waals surface area contributed by atoms with E-state index in [9.17, 15) is 0 Å². The third kappa shape index (κ3) is 2.20. The van der Waals surface area contributed by atoms with Crippen LogP contribution >= 0.6 is 11.3 Å². The Morgan fingerprint density at radius 3 is 2.94 bits per heavy atom. The fourth-order valence-electron chi connectivity index (χ4n) is 1.88. The van der Waals surface area contributed by atoms with Crippen molar-refractivity contribution in [1.82, 2.24) is 5.32 Å². The Balaban J connectivity index is 1.60. The average Bonchev–Trinajstić information content (AvgIpc) is 3.05. The summed E-state index contributed by atoms with van der Waals surface area (Å²) in [6.07, 6.45) is 2.72. The SMILES string of the molecule is c1ccc2c(NCCNC3CC3)csc2c1. The third-order valence-corrected chi connectivity index (χ3v) is 3.90. The molecule has 1 aromatic heterocycles. The molecule has 3 heteroatoms. The van der Waals surface area contributed by atoms with Gasteiger partial charge in [-0.15, -0.1) is 11.3 Å². The minimum atomic E-state index is 0.806. The molecule has 0 unspecified atom stereocenters. The molecule has 0 saturated heterocycles. The van der Waals surface area contributed by atoms with Gasteiger partial charge in [-0.25, -0.2) is 0 Å². The second-order valence-corrected chi connectivity index (χ2v) is 5.21. The van der Waals surface area contributed by atoms with Crippen molar-refractivity contribution < 1.29 is 0 Å². The van der Waals surface area contributed by atoms with E-state index in [-0.39, 0.29) is 0 Å². The molecule has 16 heavy (non-hydrogen) atoms. The molecule has 2 nitrogen and oxygen atoms in total. The lowest BCUT2D eigenvalue weighted by atomic mass is 10.2. The summed E-state index contributed by atoms with van der Waals surface area (Å²) in [6, 6.07) is 9.36. The molecule has 0 radical (unpaired) electrons. The lowest BCUT2D eigenvalue weighted by Crippen LogP contribution is -2.23. The number of hydrogen-bond donors (Lipinski definition) is 2. The summed E-state index contributed by atoms with van der Waals surface area (Å²) in [6.45, 7) is 2.08. The summed E-state index contributed by atoms with van der Waals surface area (Å²) in [5.41, 5.74) is 1.28. The second-order valence-electron chi connectivity index (χ2n) is 4.30. The van der Waals surface area contributed by atoms with E-state index in [0.717, 1.165) is 19.1 Å². The van der Waals surface area contributed by atoms with E-state index in [1.165, 1.54) is 28.6 Å². The van der Waals surface area contributed by atoms with Gasteiger partial charge in [0, 0.05) is 34.6 Å². The van der Waals surface area contributed by atoms with Crippen molar-refractivity contribution in [2.45, 2.75) is 18.9 Å². The summed E-state index contributed by atoms with van der Waals surface area (Å²) in [4.78, 5) is 0. The molecule has 1 aliphatic carbocycles. The fourth-order valence-corrected chi connectivity index (χ4v) is 2.79. The Bertz CT molecular complexity index is 473. The molecule has 1 saturated carbocycles. The maximum absolute atomic E-state index is 3.51. The van der Waals surface area contributed by atoms with Crippen LogP contribution in [0.5, 0.6) is 0 Å². The van der Waals surface area contributed by atoms with E-state index < -0.39 is 0 Å². The molecule has 0 amide bonds. The zero-order valence-corrected chi connectivity index (χ0v) is 10.0. The van der Waals surface area contributed by atoms with Crippen molar-refractivity contribution in [3.63, 3.8) is 0 Å². The normalized spacial score (nSPS) is 15.5. The standard InChI is InChI=1S/C13H16N2S/c1-2-4-13-11(3-1)12(9-16-13)15-8-7-14-10-5-6-10/h1-4,9-10,14-15H,5-8H2. The topological polar surface area (TPSA) is 24.1 Å². The zero-order valence-electron chi connectivity index (χ0n) is 9.20. The highest BCUT2D eigenvalue weighted by atomic mass is 32.1. The van der Waals surface area contributed by atoms with Crippen LogP contribution in [0, 0.1) is 0 Å². The van der Waals surface area contributed by atoms with Gasteiger partial charge < -0.3 is 10.6 Å². The van der Waals surface area contributed by atoms with E-state index >= 15 is 0 Å². The summed E-state index contributed by atoms with van der Waals surface area (Å²) >= 11 is 1.81. The van der Waals surface area contributed by atoms with E-state index in [2.05, 4.69) is 40.3 Å². The quantitative estimate of drug-likeness (QED) is 0.774. The van der Waals surface area contributed by atoms with Crippen LogP contribution in [0.1, 0.15) is 12.8 Å². The first kappa shape index (κ1) is 10.1. The molecule has 0 aliphatic heterocycles. The molecule has 3 rings (SSSR count). The van der Waals surface area contributed by atoms with Gasteiger partial charge >= 0.3 is 0 Å². The molecule has 1 aromatic carbocycles. The molecular formula is C13H16N2S. The number of nitrogens with one attached hydrogen (secondary N) is 2. The van der Waals surface area contributed by atoms with Crippen molar-refractivity contribution in [3.05, 3.63) is 29.6 Å². The lowest BCUT2D eigenvalue weighted by Gasteiger charge is -2.05. The van der Waals surface area contributed by atoms with Crippen LogP contribution in [0.4, 0.5) is 5.69 Å². The largest absolute Gasteiger partial charge is 0.383 e. The number of thiophene rings is 1. The van der Waals surface area contributed by atoms with Gasteiger partial charge in [-0.2, -0.15) is 0 Å². The Kier molecular flexibility index (Phi) is 2.80. The van der Waals surface area contributed by atoms with Crippen molar-refractivity contribution in [2.24, 2.45) is 0 Å². The molecule has 1 heterocycles. The highest BCUT2D eigenvalue weighted by Gasteiger charge is 2.19. The first-order chi connectivity index (χ1) is 7.93. The summed E-state index contributed by atoms with van der Waals surface area (Å²) in [5.74, 6) is 0. The Hall–Kier alpha value is -1.06. The first-order valence-electron chi connectivity index (χ1n) is 5.87. The molecule has 0 spiro atoms. The van der Waals surface area contributed by atoms with Gasteiger partial charge in [-0.05, 0) is 18.9 Å². The van der Waals surface area contributed by atoms with E-state index in [4.69, 9.17) is 0 Å². The molecular weight excluding hydrogens is 216 g/mol. The number of benzene rings is 1. The van der Waals surface area contributed by atoms with E-state index in [0.29, 0.717) is 0 Å². The predicted molar refractivity (Wildman–Crippen MR) is 71.3 cm³/mol. The van der Waals surface area contributed by atoms with Gasteiger partial charge in [-0.3, -0.25) is 0 Å². The van der Waals surface area contributed by atoms with Crippen LogP contribution in [0.15, 0.2) is 29.6 Å². The maximum Gasteiger partial charge on any atom is 0.0529 e.